The Morgan fingerprint density at radius 3 is 2.95 bits per heavy atom. The summed E-state index contributed by atoms with van der Waals surface area (Å²) < 4.78 is 32.6. The molecule has 0 bridgehead atoms. The van der Waals surface area contributed by atoms with Crippen molar-refractivity contribution in [3.63, 3.8) is 0 Å². The van der Waals surface area contributed by atoms with Crippen LogP contribution in [0.25, 0.3) is 0 Å². The number of carbonyl (C=O) groups is 1. The van der Waals surface area contributed by atoms with E-state index in [0.717, 1.165) is 17.7 Å². The molecule has 2 heterocycles. The third kappa shape index (κ3) is 3.02. The van der Waals surface area contributed by atoms with E-state index < -0.39 is 10.0 Å². The second-order valence-corrected chi connectivity index (χ2v) is 7.56. The highest BCUT2D eigenvalue weighted by Crippen LogP contribution is 2.30. The molecule has 1 aromatic carbocycles. The van der Waals surface area contributed by atoms with E-state index in [4.69, 9.17) is 4.74 Å². The first-order valence-corrected chi connectivity index (χ1v) is 8.94. The second-order valence-electron chi connectivity index (χ2n) is 5.79. The van der Waals surface area contributed by atoms with Gasteiger partial charge in [-0.1, -0.05) is 0 Å². The molecule has 2 aliphatic heterocycles. The lowest BCUT2D eigenvalue weighted by molar-refractivity contribution is -0.116. The fraction of sp³-hybridized carbons (Fsp3) is 0.533. The van der Waals surface area contributed by atoms with E-state index in [1.165, 1.54) is 6.92 Å². The quantitative estimate of drug-likeness (QED) is 0.893. The van der Waals surface area contributed by atoms with Gasteiger partial charge in [0, 0.05) is 32.3 Å². The van der Waals surface area contributed by atoms with Crippen LogP contribution >= 0.6 is 0 Å². The van der Waals surface area contributed by atoms with Crippen LogP contribution < -0.4 is 9.62 Å². The first-order valence-electron chi connectivity index (χ1n) is 7.46. The Morgan fingerprint density at radius 2 is 2.27 bits per heavy atom. The molecule has 1 aromatic rings. The summed E-state index contributed by atoms with van der Waals surface area (Å²) in [4.78, 5) is 13.5. The molecule has 0 unspecified atom stereocenters. The molecule has 1 atom stereocenters. The number of hydrogen-bond acceptors (Lipinski definition) is 4. The zero-order chi connectivity index (χ0) is 15.7. The molecule has 0 aromatic heterocycles. The van der Waals surface area contributed by atoms with Crippen molar-refractivity contribution in [1.82, 2.24) is 4.72 Å². The summed E-state index contributed by atoms with van der Waals surface area (Å²) in [7, 11) is -3.52. The number of anilines is 1. The van der Waals surface area contributed by atoms with Gasteiger partial charge in [0.15, 0.2) is 0 Å². The maximum Gasteiger partial charge on any atom is 0.240 e. The van der Waals surface area contributed by atoms with Crippen molar-refractivity contribution < 1.29 is 17.9 Å². The number of benzene rings is 1. The highest BCUT2D eigenvalue weighted by Gasteiger charge is 2.25. The molecule has 7 heteroatoms. The van der Waals surface area contributed by atoms with Crippen LogP contribution in [0.5, 0.6) is 0 Å². The molecule has 120 valence electrons. The molecule has 22 heavy (non-hydrogen) atoms. The predicted molar refractivity (Wildman–Crippen MR) is 82.3 cm³/mol. The van der Waals surface area contributed by atoms with Crippen molar-refractivity contribution in [2.75, 3.05) is 31.2 Å². The van der Waals surface area contributed by atoms with Crippen molar-refractivity contribution >= 4 is 21.6 Å². The lowest BCUT2D eigenvalue weighted by Gasteiger charge is -2.15. The Labute approximate surface area is 130 Å². The van der Waals surface area contributed by atoms with Gasteiger partial charge in [-0.3, -0.25) is 4.79 Å². The highest BCUT2D eigenvalue weighted by atomic mass is 32.2. The summed E-state index contributed by atoms with van der Waals surface area (Å²) in [5.74, 6) is 0.228. The zero-order valence-corrected chi connectivity index (χ0v) is 13.4. The first-order chi connectivity index (χ1) is 10.5. The minimum atomic E-state index is -3.52. The van der Waals surface area contributed by atoms with Crippen LogP contribution in [0, 0.1) is 5.92 Å². The van der Waals surface area contributed by atoms with Gasteiger partial charge in [-0.15, -0.1) is 0 Å². The number of sulfonamides is 1. The van der Waals surface area contributed by atoms with E-state index in [9.17, 15) is 13.2 Å². The van der Waals surface area contributed by atoms with E-state index >= 15 is 0 Å². The zero-order valence-electron chi connectivity index (χ0n) is 12.5. The maximum absolute atomic E-state index is 12.4. The van der Waals surface area contributed by atoms with Crippen LogP contribution in [0.3, 0.4) is 0 Å². The summed E-state index contributed by atoms with van der Waals surface area (Å²) >= 11 is 0. The van der Waals surface area contributed by atoms with Gasteiger partial charge in [-0.2, -0.15) is 0 Å². The monoisotopic (exact) mass is 324 g/mol. The summed E-state index contributed by atoms with van der Waals surface area (Å²) in [6.45, 7) is 3.84. The van der Waals surface area contributed by atoms with Gasteiger partial charge < -0.3 is 9.64 Å². The molecule has 1 N–H and O–H groups in total. The number of nitrogens with one attached hydrogen (secondary N) is 1. The third-order valence-electron chi connectivity index (χ3n) is 4.22. The Balaban J connectivity index is 1.75. The molecule has 1 fully saturated rings. The molecule has 1 saturated heterocycles. The third-order valence-corrected chi connectivity index (χ3v) is 5.64. The van der Waals surface area contributed by atoms with Gasteiger partial charge in [0.1, 0.15) is 0 Å². The van der Waals surface area contributed by atoms with E-state index in [-0.39, 0.29) is 16.7 Å². The second kappa shape index (κ2) is 5.98. The van der Waals surface area contributed by atoms with Gasteiger partial charge in [0.25, 0.3) is 0 Å². The molecule has 0 saturated carbocycles. The molecule has 6 nitrogen and oxygen atoms in total. The van der Waals surface area contributed by atoms with E-state index in [1.807, 2.05) is 0 Å². The number of ether oxygens (including phenoxy) is 1. The molecule has 0 aliphatic carbocycles. The van der Waals surface area contributed by atoms with Crippen LogP contribution in [0.1, 0.15) is 18.9 Å². The summed E-state index contributed by atoms with van der Waals surface area (Å²) in [6.07, 6.45) is 1.58. The Bertz CT molecular complexity index is 681. The number of rotatable bonds is 4. The minimum Gasteiger partial charge on any atom is -0.381 e. The van der Waals surface area contributed by atoms with Gasteiger partial charge >= 0.3 is 0 Å². The lowest BCUT2D eigenvalue weighted by atomic mass is 10.1. The van der Waals surface area contributed by atoms with Gasteiger partial charge in [-0.25, -0.2) is 13.1 Å². The molecular formula is C15H20N2O4S. The molecule has 0 spiro atoms. The fourth-order valence-corrected chi connectivity index (χ4v) is 4.09. The van der Waals surface area contributed by atoms with Gasteiger partial charge in [-0.05, 0) is 42.5 Å². The van der Waals surface area contributed by atoms with Crippen molar-refractivity contribution in [2.45, 2.75) is 24.7 Å². The molecule has 2 aliphatic rings. The SMILES string of the molecule is CC(=O)N1CCc2cc(S(=O)(=O)NC[C@@H]3CCOC3)ccc21. The Hall–Kier alpha value is -1.44. The van der Waals surface area contributed by atoms with Gasteiger partial charge in [0.2, 0.25) is 15.9 Å². The first kappa shape index (κ1) is 15.5. The molecule has 1 amide bonds. The minimum absolute atomic E-state index is 0.0197. The Morgan fingerprint density at radius 1 is 1.45 bits per heavy atom. The summed E-state index contributed by atoms with van der Waals surface area (Å²) in [6, 6.07) is 4.95. The number of nitrogens with zero attached hydrogens (tertiary/aromatic N) is 1. The average molecular weight is 324 g/mol. The normalized spacial score (nSPS) is 21.1. The number of hydrogen-bond donors (Lipinski definition) is 1. The number of amides is 1. The van der Waals surface area contributed by atoms with E-state index in [1.54, 1.807) is 23.1 Å². The van der Waals surface area contributed by atoms with Crippen molar-refractivity contribution in [1.29, 1.82) is 0 Å². The molecular weight excluding hydrogens is 304 g/mol. The smallest absolute Gasteiger partial charge is 0.240 e. The van der Waals surface area contributed by atoms with Crippen LogP contribution in [-0.4, -0.2) is 40.6 Å². The standard InChI is InChI=1S/C15H20N2O4S/c1-11(18)17-6-4-13-8-14(2-3-15(13)17)22(19,20)16-9-12-5-7-21-10-12/h2-3,8,12,16H,4-7,9-10H2,1H3/t12-/m0/s1. The van der Waals surface area contributed by atoms with Crippen LogP contribution in [0.2, 0.25) is 0 Å². The van der Waals surface area contributed by atoms with Crippen molar-refractivity contribution in [3.05, 3.63) is 23.8 Å². The van der Waals surface area contributed by atoms with Crippen LogP contribution in [0.4, 0.5) is 5.69 Å². The molecule has 0 radical (unpaired) electrons. The largest absolute Gasteiger partial charge is 0.381 e. The van der Waals surface area contributed by atoms with Crippen molar-refractivity contribution in [2.24, 2.45) is 5.92 Å². The topological polar surface area (TPSA) is 75.7 Å². The predicted octanol–water partition coefficient (Wildman–Crippen LogP) is 0.910. The maximum atomic E-state index is 12.4. The Kier molecular flexibility index (Phi) is 4.20. The lowest BCUT2D eigenvalue weighted by Crippen LogP contribution is -2.29. The summed E-state index contributed by atoms with van der Waals surface area (Å²) in [5, 5.41) is 0. The average Bonchev–Trinajstić information content (AvgIpc) is 3.13. The summed E-state index contributed by atoms with van der Waals surface area (Å²) in [5.41, 5.74) is 1.72. The number of fused-ring (bicyclic) bond motifs is 1. The number of carbonyl (C=O) groups excluding carboxylic acids is 1. The highest BCUT2D eigenvalue weighted by molar-refractivity contribution is 7.89. The van der Waals surface area contributed by atoms with Crippen LogP contribution in [0.15, 0.2) is 23.1 Å². The molecule has 3 rings (SSSR count). The van der Waals surface area contributed by atoms with Crippen molar-refractivity contribution in [3.8, 4) is 0 Å². The fourth-order valence-electron chi connectivity index (χ4n) is 2.93. The van der Waals surface area contributed by atoms with Crippen LogP contribution in [-0.2, 0) is 26.0 Å². The van der Waals surface area contributed by atoms with E-state index in [2.05, 4.69) is 4.72 Å². The van der Waals surface area contributed by atoms with Gasteiger partial charge in [0.05, 0.1) is 11.5 Å². The van der Waals surface area contributed by atoms with E-state index in [0.29, 0.717) is 32.7 Å².